The number of carbonyl (C=O) groups excluding carboxylic acids is 1. The average molecular weight is 451 g/mol. The van der Waals surface area contributed by atoms with Crippen molar-refractivity contribution in [2.45, 2.75) is 32.2 Å². The lowest BCUT2D eigenvalue weighted by Crippen LogP contribution is -2.56. The van der Waals surface area contributed by atoms with Crippen molar-refractivity contribution >= 4 is 28.2 Å². The van der Waals surface area contributed by atoms with Crippen molar-refractivity contribution < 1.29 is 14.3 Å². The molecule has 3 aliphatic heterocycles. The van der Waals surface area contributed by atoms with Gasteiger partial charge in [0, 0.05) is 68.1 Å². The molecule has 7 heteroatoms. The minimum atomic E-state index is 0.0852. The van der Waals surface area contributed by atoms with Crippen LogP contribution in [0, 0.1) is 24.7 Å². The van der Waals surface area contributed by atoms with Crippen LogP contribution in [-0.2, 0) is 14.3 Å². The van der Waals surface area contributed by atoms with Crippen molar-refractivity contribution in [3.63, 3.8) is 0 Å². The van der Waals surface area contributed by atoms with Crippen LogP contribution in [0.15, 0.2) is 24.4 Å². The van der Waals surface area contributed by atoms with Crippen LogP contribution in [0.1, 0.15) is 25.3 Å². The summed E-state index contributed by atoms with van der Waals surface area (Å²) in [4.78, 5) is 22.4. The number of aromatic nitrogens is 1. The molecule has 1 aliphatic carbocycles. The molecule has 4 heterocycles. The first-order valence-electron chi connectivity index (χ1n) is 12.4. The summed E-state index contributed by atoms with van der Waals surface area (Å²) in [7, 11) is 0. The summed E-state index contributed by atoms with van der Waals surface area (Å²) in [6.07, 6.45) is 4.00. The highest BCUT2D eigenvalue weighted by molar-refractivity contribution is 5.96. The van der Waals surface area contributed by atoms with E-state index in [1.807, 2.05) is 12.3 Å². The van der Waals surface area contributed by atoms with Crippen LogP contribution < -0.4 is 10.2 Å². The molecule has 4 aliphatic rings. The number of hydrogen-bond acceptors (Lipinski definition) is 6. The predicted molar refractivity (Wildman–Crippen MR) is 129 cm³/mol. The summed E-state index contributed by atoms with van der Waals surface area (Å²) >= 11 is 0. The lowest BCUT2D eigenvalue weighted by atomic mass is 9.97. The summed E-state index contributed by atoms with van der Waals surface area (Å²) in [5.41, 5.74) is 2.74. The van der Waals surface area contributed by atoms with Crippen LogP contribution in [0.5, 0.6) is 0 Å². The van der Waals surface area contributed by atoms with Crippen molar-refractivity contribution in [2.75, 3.05) is 62.8 Å². The average Bonchev–Trinajstić information content (AvgIpc) is 3.40. The summed E-state index contributed by atoms with van der Waals surface area (Å²) in [5, 5.41) is 5.30. The van der Waals surface area contributed by atoms with Crippen molar-refractivity contribution in [1.29, 1.82) is 0 Å². The maximum absolute atomic E-state index is 12.8. The number of nitrogens with zero attached hydrogens (tertiary/aromatic N) is 3. The number of aryl methyl sites for hydroxylation is 1. The van der Waals surface area contributed by atoms with E-state index >= 15 is 0 Å². The molecule has 2 aromatic rings. The monoisotopic (exact) mass is 450 g/mol. The molecule has 4 atom stereocenters. The third-order valence-electron chi connectivity index (χ3n) is 8.41. The van der Waals surface area contributed by atoms with Crippen LogP contribution in [0.3, 0.4) is 0 Å². The number of piperazine rings is 1. The molecule has 3 saturated heterocycles. The molecule has 0 bridgehead atoms. The highest BCUT2D eigenvalue weighted by Gasteiger charge is 2.55. The minimum absolute atomic E-state index is 0.0852. The van der Waals surface area contributed by atoms with Crippen LogP contribution in [-0.4, -0.2) is 73.9 Å². The van der Waals surface area contributed by atoms with Crippen LogP contribution >= 0.6 is 0 Å². The van der Waals surface area contributed by atoms with Crippen molar-refractivity contribution in [1.82, 2.24) is 9.88 Å². The van der Waals surface area contributed by atoms with Gasteiger partial charge < -0.3 is 19.7 Å². The fraction of sp³-hybridized carbons (Fsp3) is 0.615. The first-order chi connectivity index (χ1) is 16.0. The highest BCUT2D eigenvalue weighted by Crippen LogP contribution is 2.51. The van der Waals surface area contributed by atoms with Gasteiger partial charge in [0.25, 0.3) is 0 Å². The number of ether oxygens (including phenoxy) is 2. The van der Waals surface area contributed by atoms with Crippen LogP contribution in [0.2, 0.25) is 0 Å². The van der Waals surface area contributed by atoms with Gasteiger partial charge in [-0.15, -0.1) is 0 Å². The van der Waals surface area contributed by atoms with Gasteiger partial charge in [-0.05, 0) is 67.7 Å². The Bertz CT molecular complexity index is 1050. The van der Waals surface area contributed by atoms with E-state index in [0.717, 1.165) is 76.2 Å². The Morgan fingerprint density at radius 1 is 1.09 bits per heavy atom. The number of anilines is 2. The van der Waals surface area contributed by atoms with Gasteiger partial charge in [0.15, 0.2) is 0 Å². The van der Waals surface area contributed by atoms with E-state index < -0.39 is 0 Å². The molecule has 1 saturated carbocycles. The van der Waals surface area contributed by atoms with Gasteiger partial charge in [-0.1, -0.05) is 0 Å². The molecule has 0 unspecified atom stereocenters. The fourth-order valence-electron chi connectivity index (χ4n) is 6.20. The molecule has 6 rings (SSSR count). The molecular formula is C26H34N4O3. The van der Waals surface area contributed by atoms with E-state index in [-0.39, 0.29) is 17.4 Å². The molecular weight excluding hydrogens is 416 g/mol. The molecule has 1 N–H and O–H groups in total. The second-order valence-electron chi connectivity index (χ2n) is 10.5. The van der Waals surface area contributed by atoms with Gasteiger partial charge in [0.05, 0.1) is 13.2 Å². The van der Waals surface area contributed by atoms with Crippen molar-refractivity contribution in [2.24, 2.45) is 17.8 Å². The lowest BCUT2D eigenvalue weighted by Gasteiger charge is -2.44. The number of amides is 1. The van der Waals surface area contributed by atoms with Crippen LogP contribution in [0.4, 0.5) is 11.5 Å². The Balaban J connectivity index is 1.17. The molecule has 1 amide bonds. The number of rotatable bonds is 4. The molecule has 1 aromatic carbocycles. The second-order valence-corrected chi connectivity index (χ2v) is 10.5. The molecule has 33 heavy (non-hydrogen) atoms. The molecule has 176 valence electrons. The molecule has 1 aromatic heterocycles. The van der Waals surface area contributed by atoms with Gasteiger partial charge in [0.2, 0.25) is 5.91 Å². The number of hydrogen-bond donors (Lipinski definition) is 1. The Morgan fingerprint density at radius 3 is 2.67 bits per heavy atom. The predicted octanol–water partition coefficient (Wildman–Crippen LogP) is 3.07. The normalized spacial score (nSPS) is 32.1. The number of carbonyl (C=O) groups is 1. The van der Waals surface area contributed by atoms with E-state index in [1.165, 1.54) is 11.3 Å². The van der Waals surface area contributed by atoms with Gasteiger partial charge >= 0.3 is 0 Å². The zero-order valence-electron chi connectivity index (χ0n) is 19.7. The van der Waals surface area contributed by atoms with Crippen molar-refractivity contribution in [3.8, 4) is 0 Å². The van der Waals surface area contributed by atoms with Gasteiger partial charge in [-0.2, -0.15) is 0 Å². The standard InChI is InChI=1S/C26H34N4O3/c1-17-11-19-14-27-23(28-25(31)24-20-3-9-32-15-21(20)24)13-18(19)12-22(17)29-5-7-30(8-6-29)26(2)4-10-33-16-26/h11-14,20-21,24H,3-10,15-16H2,1-2H3,(H,27,28,31)/t20-,21-,24-,26+/m0/s1. The maximum atomic E-state index is 12.8. The Kier molecular flexibility index (Phi) is 5.31. The third kappa shape index (κ3) is 3.90. The minimum Gasteiger partial charge on any atom is -0.381 e. The summed E-state index contributed by atoms with van der Waals surface area (Å²) in [5.74, 6) is 1.71. The summed E-state index contributed by atoms with van der Waals surface area (Å²) in [6, 6.07) is 6.50. The molecule has 0 radical (unpaired) electrons. The quantitative estimate of drug-likeness (QED) is 0.772. The summed E-state index contributed by atoms with van der Waals surface area (Å²) < 4.78 is 11.2. The van der Waals surface area contributed by atoms with Crippen molar-refractivity contribution in [3.05, 3.63) is 30.0 Å². The Hall–Kier alpha value is -2.22. The van der Waals surface area contributed by atoms with E-state index in [9.17, 15) is 4.79 Å². The fourth-order valence-corrected chi connectivity index (χ4v) is 6.20. The summed E-state index contributed by atoms with van der Waals surface area (Å²) in [6.45, 7) is 11.9. The number of pyridine rings is 1. The topological polar surface area (TPSA) is 66.9 Å². The number of nitrogens with one attached hydrogen (secondary N) is 1. The third-order valence-corrected chi connectivity index (χ3v) is 8.41. The smallest absolute Gasteiger partial charge is 0.229 e. The first kappa shape index (κ1) is 21.3. The van der Waals surface area contributed by atoms with Gasteiger partial charge in [-0.3, -0.25) is 9.69 Å². The Morgan fingerprint density at radius 2 is 1.94 bits per heavy atom. The van der Waals surface area contributed by atoms with Gasteiger partial charge in [-0.25, -0.2) is 4.98 Å². The zero-order valence-corrected chi connectivity index (χ0v) is 19.7. The zero-order chi connectivity index (χ0) is 22.6. The van der Waals surface area contributed by atoms with E-state index in [1.54, 1.807) is 0 Å². The number of benzene rings is 1. The van der Waals surface area contributed by atoms with E-state index in [0.29, 0.717) is 17.7 Å². The van der Waals surface area contributed by atoms with E-state index in [2.05, 4.69) is 46.1 Å². The Labute approximate surface area is 195 Å². The SMILES string of the molecule is Cc1cc2cnc(NC(=O)[C@H]3[C@H]4CCOC[C@@H]43)cc2cc1N1CCN([C@]2(C)CCOC2)CC1. The second kappa shape index (κ2) is 8.22. The number of fused-ring (bicyclic) bond motifs is 2. The molecule has 4 fully saturated rings. The first-order valence-corrected chi connectivity index (χ1v) is 12.4. The molecule has 0 spiro atoms. The highest BCUT2D eigenvalue weighted by atomic mass is 16.5. The van der Waals surface area contributed by atoms with Crippen LogP contribution in [0.25, 0.3) is 10.8 Å². The maximum Gasteiger partial charge on any atom is 0.229 e. The van der Waals surface area contributed by atoms with E-state index in [4.69, 9.17) is 9.47 Å². The van der Waals surface area contributed by atoms with Gasteiger partial charge in [0.1, 0.15) is 5.82 Å². The largest absolute Gasteiger partial charge is 0.381 e. The molecule has 7 nitrogen and oxygen atoms in total. The lowest BCUT2D eigenvalue weighted by molar-refractivity contribution is -0.117.